The van der Waals surface area contributed by atoms with Gasteiger partial charge in [-0.2, -0.15) is 5.06 Å². The number of likely N-dealkylation sites (N-methyl/N-ethyl adjacent to an activating group) is 1. The molecule has 0 radical (unpaired) electrons. The Kier molecular flexibility index (Phi) is 10.2. The van der Waals surface area contributed by atoms with Crippen LogP contribution in [0.25, 0.3) is 0 Å². The molecule has 7 heteroatoms. The molecular formula is C11H23N3O4. The van der Waals surface area contributed by atoms with E-state index in [1.807, 2.05) is 0 Å². The molecule has 106 valence electrons. The number of hydrogen-bond acceptors (Lipinski definition) is 5. The van der Waals surface area contributed by atoms with Crippen LogP contribution in [0.4, 0.5) is 0 Å². The van der Waals surface area contributed by atoms with Crippen molar-refractivity contribution in [1.29, 1.82) is 0 Å². The Bertz CT molecular complexity index is 246. The van der Waals surface area contributed by atoms with Gasteiger partial charge in [-0.1, -0.05) is 6.92 Å². The highest BCUT2D eigenvalue weighted by Gasteiger charge is 2.01. The summed E-state index contributed by atoms with van der Waals surface area (Å²) >= 11 is 0. The van der Waals surface area contributed by atoms with Crippen LogP contribution in [0, 0.1) is 0 Å². The molecule has 0 aromatic carbocycles. The van der Waals surface area contributed by atoms with Gasteiger partial charge < -0.3 is 20.6 Å². The SMILES string of the molecule is CCC(=O)NCCOCCC(=O)NCCN(C)O. The van der Waals surface area contributed by atoms with Crippen LogP contribution in [0.3, 0.4) is 0 Å². The van der Waals surface area contributed by atoms with Crippen molar-refractivity contribution in [1.82, 2.24) is 15.7 Å². The van der Waals surface area contributed by atoms with Gasteiger partial charge in [0.1, 0.15) is 0 Å². The maximum atomic E-state index is 11.3. The summed E-state index contributed by atoms with van der Waals surface area (Å²) in [6.07, 6.45) is 0.735. The van der Waals surface area contributed by atoms with Gasteiger partial charge in [-0.05, 0) is 0 Å². The van der Waals surface area contributed by atoms with Crippen LogP contribution in [0.1, 0.15) is 19.8 Å². The Morgan fingerprint density at radius 2 is 1.83 bits per heavy atom. The molecule has 0 aliphatic rings. The standard InChI is InChI=1S/C11H23N3O4/c1-3-10(15)13-6-9-18-8-4-11(16)12-5-7-14(2)17/h17H,3-9H2,1-2H3,(H,12,16)(H,13,15). The van der Waals surface area contributed by atoms with Crippen molar-refractivity contribution in [3.63, 3.8) is 0 Å². The highest BCUT2D eigenvalue weighted by atomic mass is 16.5. The molecule has 0 bridgehead atoms. The molecule has 0 unspecified atom stereocenters. The van der Waals surface area contributed by atoms with E-state index >= 15 is 0 Å². The monoisotopic (exact) mass is 261 g/mol. The second kappa shape index (κ2) is 10.9. The zero-order valence-electron chi connectivity index (χ0n) is 11.1. The minimum Gasteiger partial charge on any atom is -0.379 e. The summed E-state index contributed by atoms with van der Waals surface area (Å²) in [6, 6.07) is 0. The number of ether oxygens (including phenoxy) is 1. The number of hydrogen-bond donors (Lipinski definition) is 3. The van der Waals surface area contributed by atoms with Gasteiger partial charge in [-0.15, -0.1) is 0 Å². The molecule has 0 heterocycles. The number of rotatable bonds is 10. The summed E-state index contributed by atoms with van der Waals surface area (Å²) in [4.78, 5) is 22.1. The second-order valence-corrected chi connectivity index (χ2v) is 3.80. The van der Waals surface area contributed by atoms with Crippen molar-refractivity contribution in [3.8, 4) is 0 Å². The van der Waals surface area contributed by atoms with E-state index in [9.17, 15) is 9.59 Å². The average molecular weight is 261 g/mol. The summed E-state index contributed by atoms with van der Waals surface area (Å²) < 4.78 is 5.19. The summed E-state index contributed by atoms with van der Waals surface area (Å²) in [6.45, 7) is 3.75. The first-order chi connectivity index (χ1) is 8.56. The molecule has 3 N–H and O–H groups in total. The number of nitrogens with zero attached hydrogens (tertiary/aromatic N) is 1. The minimum absolute atomic E-state index is 0.00975. The summed E-state index contributed by atoms with van der Waals surface area (Å²) in [7, 11) is 1.51. The lowest BCUT2D eigenvalue weighted by atomic mass is 10.4. The highest BCUT2D eigenvalue weighted by molar-refractivity contribution is 5.76. The number of carbonyl (C=O) groups is 2. The predicted molar refractivity (Wildman–Crippen MR) is 66.2 cm³/mol. The van der Waals surface area contributed by atoms with Crippen LogP contribution in [-0.2, 0) is 14.3 Å². The minimum atomic E-state index is -0.116. The molecule has 0 fully saturated rings. The number of amides is 2. The zero-order chi connectivity index (χ0) is 13.8. The molecule has 2 amide bonds. The van der Waals surface area contributed by atoms with Gasteiger partial charge in [0.05, 0.1) is 13.2 Å². The Morgan fingerprint density at radius 1 is 1.17 bits per heavy atom. The van der Waals surface area contributed by atoms with E-state index in [1.165, 1.54) is 7.05 Å². The van der Waals surface area contributed by atoms with E-state index in [0.29, 0.717) is 39.3 Å². The van der Waals surface area contributed by atoms with Gasteiger partial charge in [-0.3, -0.25) is 9.59 Å². The summed E-state index contributed by atoms with van der Waals surface area (Å²) in [5.74, 6) is -0.126. The molecule has 0 saturated carbocycles. The number of nitrogens with one attached hydrogen (secondary N) is 2. The third-order valence-electron chi connectivity index (χ3n) is 2.12. The zero-order valence-corrected chi connectivity index (χ0v) is 11.1. The molecule has 0 spiro atoms. The van der Waals surface area contributed by atoms with E-state index in [0.717, 1.165) is 5.06 Å². The van der Waals surface area contributed by atoms with Crippen molar-refractivity contribution in [2.24, 2.45) is 0 Å². The van der Waals surface area contributed by atoms with Crippen LogP contribution in [0.5, 0.6) is 0 Å². The summed E-state index contributed by atoms with van der Waals surface area (Å²) in [5, 5.41) is 15.1. The molecule has 0 atom stereocenters. The first kappa shape index (κ1) is 16.8. The third-order valence-corrected chi connectivity index (χ3v) is 2.12. The van der Waals surface area contributed by atoms with E-state index in [-0.39, 0.29) is 18.2 Å². The topological polar surface area (TPSA) is 90.9 Å². The van der Waals surface area contributed by atoms with Gasteiger partial charge in [0.15, 0.2) is 0 Å². The number of carbonyl (C=O) groups excluding carboxylic acids is 2. The van der Waals surface area contributed by atoms with Crippen molar-refractivity contribution < 1.29 is 19.5 Å². The van der Waals surface area contributed by atoms with E-state index < -0.39 is 0 Å². The fourth-order valence-corrected chi connectivity index (χ4v) is 1.10. The second-order valence-electron chi connectivity index (χ2n) is 3.80. The van der Waals surface area contributed by atoms with Crippen molar-refractivity contribution >= 4 is 11.8 Å². The third kappa shape index (κ3) is 11.3. The van der Waals surface area contributed by atoms with Crippen LogP contribution in [-0.4, -0.2) is 62.0 Å². The van der Waals surface area contributed by atoms with Gasteiger partial charge in [-0.25, -0.2) is 0 Å². The maximum Gasteiger partial charge on any atom is 0.222 e. The summed E-state index contributed by atoms with van der Waals surface area (Å²) in [5.41, 5.74) is 0. The molecule has 0 saturated heterocycles. The average Bonchev–Trinajstić information content (AvgIpc) is 2.32. The fourth-order valence-electron chi connectivity index (χ4n) is 1.10. The van der Waals surface area contributed by atoms with Crippen molar-refractivity contribution in [2.75, 3.05) is 39.9 Å². The Balaban J connectivity index is 3.27. The predicted octanol–water partition coefficient (Wildman–Crippen LogP) is -0.643. The molecule has 7 nitrogen and oxygen atoms in total. The lowest BCUT2D eigenvalue weighted by Crippen LogP contribution is -2.32. The smallest absolute Gasteiger partial charge is 0.222 e. The molecule has 0 aliphatic heterocycles. The lowest BCUT2D eigenvalue weighted by Gasteiger charge is -2.09. The van der Waals surface area contributed by atoms with Gasteiger partial charge >= 0.3 is 0 Å². The highest BCUT2D eigenvalue weighted by Crippen LogP contribution is 1.84. The Labute approximate surface area is 107 Å². The van der Waals surface area contributed by atoms with Gasteiger partial charge in [0, 0.05) is 39.5 Å². The molecule has 0 aromatic heterocycles. The lowest BCUT2D eigenvalue weighted by molar-refractivity contribution is -0.123. The van der Waals surface area contributed by atoms with Gasteiger partial charge in [0.2, 0.25) is 11.8 Å². The molecule has 0 rings (SSSR count). The Hall–Kier alpha value is -1.18. The largest absolute Gasteiger partial charge is 0.379 e. The normalized spacial score (nSPS) is 10.4. The van der Waals surface area contributed by atoms with Crippen LogP contribution >= 0.6 is 0 Å². The van der Waals surface area contributed by atoms with Crippen LogP contribution < -0.4 is 10.6 Å². The van der Waals surface area contributed by atoms with Gasteiger partial charge in [0.25, 0.3) is 0 Å². The number of hydroxylamine groups is 2. The van der Waals surface area contributed by atoms with E-state index in [1.54, 1.807) is 6.92 Å². The maximum absolute atomic E-state index is 11.3. The van der Waals surface area contributed by atoms with Crippen LogP contribution in [0.15, 0.2) is 0 Å². The molecular weight excluding hydrogens is 238 g/mol. The first-order valence-corrected chi connectivity index (χ1v) is 6.07. The molecule has 18 heavy (non-hydrogen) atoms. The first-order valence-electron chi connectivity index (χ1n) is 6.07. The van der Waals surface area contributed by atoms with Crippen molar-refractivity contribution in [2.45, 2.75) is 19.8 Å². The van der Waals surface area contributed by atoms with E-state index in [2.05, 4.69) is 10.6 Å². The quantitative estimate of drug-likeness (QED) is 0.359. The fraction of sp³-hybridized carbons (Fsp3) is 0.818. The van der Waals surface area contributed by atoms with E-state index in [4.69, 9.17) is 9.94 Å². The Morgan fingerprint density at radius 3 is 2.44 bits per heavy atom. The van der Waals surface area contributed by atoms with Crippen molar-refractivity contribution in [3.05, 3.63) is 0 Å². The molecule has 0 aliphatic carbocycles. The molecule has 0 aromatic rings. The van der Waals surface area contributed by atoms with Crippen LogP contribution in [0.2, 0.25) is 0 Å².